The molecule has 1 N–H and O–H groups in total. The quantitative estimate of drug-likeness (QED) is 0.866. The van der Waals surface area contributed by atoms with Gasteiger partial charge in [-0.2, -0.15) is 0 Å². The fourth-order valence-corrected chi connectivity index (χ4v) is 1.88. The van der Waals surface area contributed by atoms with E-state index in [4.69, 9.17) is 4.98 Å². The van der Waals surface area contributed by atoms with Crippen LogP contribution in [0.5, 0.6) is 0 Å². The van der Waals surface area contributed by atoms with Crippen molar-refractivity contribution < 1.29 is 0 Å². The summed E-state index contributed by atoms with van der Waals surface area (Å²) in [5, 5.41) is 3.15. The number of nitrogens with one attached hydrogen (secondary N) is 1. The Labute approximate surface area is 102 Å². The van der Waals surface area contributed by atoms with Gasteiger partial charge in [-0.3, -0.25) is 4.98 Å². The molecule has 90 valence electrons. The lowest BCUT2D eigenvalue weighted by Crippen LogP contribution is -2.11. The van der Waals surface area contributed by atoms with Crippen LogP contribution in [0.4, 0.5) is 0 Å². The third kappa shape index (κ3) is 2.36. The van der Waals surface area contributed by atoms with Gasteiger partial charge < -0.3 is 9.88 Å². The van der Waals surface area contributed by atoms with E-state index in [9.17, 15) is 0 Å². The Kier molecular flexibility index (Phi) is 3.54. The highest BCUT2D eigenvalue weighted by Gasteiger charge is 2.11. The predicted molar refractivity (Wildman–Crippen MR) is 68.8 cm³/mol. The Bertz CT molecular complexity index is 488. The number of aromatic nitrogens is 3. The van der Waals surface area contributed by atoms with Gasteiger partial charge in [-0.15, -0.1) is 0 Å². The van der Waals surface area contributed by atoms with E-state index in [2.05, 4.69) is 28.8 Å². The third-order valence-corrected chi connectivity index (χ3v) is 3.03. The van der Waals surface area contributed by atoms with Crippen molar-refractivity contribution in [1.29, 1.82) is 0 Å². The second kappa shape index (κ2) is 5.10. The van der Waals surface area contributed by atoms with Crippen molar-refractivity contribution in [2.24, 2.45) is 7.05 Å². The van der Waals surface area contributed by atoms with Gasteiger partial charge in [-0.05, 0) is 26.1 Å². The maximum Gasteiger partial charge on any atom is 0.140 e. The summed E-state index contributed by atoms with van der Waals surface area (Å²) >= 11 is 0. The van der Waals surface area contributed by atoms with Crippen molar-refractivity contribution in [2.45, 2.75) is 13.3 Å². The van der Waals surface area contributed by atoms with Crippen molar-refractivity contribution in [1.82, 2.24) is 19.9 Å². The minimum Gasteiger partial charge on any atom is -0.331 e. The standard InChI is InChI=1S/C13H18N4/c1-10-12(6-7-14-2)16-13(17(10)3)11-4-8-15-9-5-11/h4-5,8-9,14H,6-7H2,1-3H3. The van der Waals surface area contributed by atoms with Crippen LogP contribution in [0, 0.1) is 6.92 Å². The van der Waals surface area contributed by atoms with Gasteiger partial charge in [0, 0.05) is 43.7 Å². The molecule has 0 atom stereocenters. The molecule has 0 saturated carbocycles. The molecule has 2 rings (SSSR count). The van der Waals surface area contributed by atoms with E-state index < -0.39 is 0 Å². The summed E-state index contributed by atoms with van der Waals surface area (Å²) in [6, 6.07) is 3.98. The minimum atomic E-state index is 0.952. The molecule has 0 fully saturated rings. The normalized spacial score (nSPS) is 10.8. The monoisotopic (exact) mass is 230 g/mol. The second-order valence-corrected chi connectivity index (χ2v) is 4.12. The third-order valence-electron chi connectivity index (χ3n) is 3.03. The fraction of sp³-hybridized carbons (Fsp3) is 0.385. The van der Waals surface area contributed by atoms with Crippen LogP contribution in [0.25, 0.3) is 11.4 Å². The zero-order chi connectivity index (χ0) is 12.3. The van der Waals surface area contributed by atoms with Crippen LogP contribution in [0.1, 0.15) is 11.4 Å². The zero-order valence-electron chi connectivity index (χ0n) is 10.6. The molecule has 0 aliphatic rings. The number of hydrogen-bond acceptors (Lipinski definition) is 3. The molecular formula is C13H18N4. The van der Waals surface area contributed by atoms with Crippen molar-refractivity contribution in [3.63, 3.8) is 0 Å². The summed E-state index contributed by atoms with van der Waals surface area (Å²) in [7, 11) is 4.02. The highest BCUT2D eigenvalue weighted by Crippen LogP contribution is 2.20. The van der Waals surface area contributed by atoms with E-state index in [-0.39, 0.29) is 0 Å². The van der Waals surface area contributed by atoms with Crippen LogP contribution in [0.15, 0.2) is 24.5 Å². The summed E-state index contributed by atoms with van der Waals surface area (Å²) in [6.07, 6.45) is 4.56. The van der Waals surface area contributed by atoms with Gasteiger partial charge in [0.25, 0.3) is 0 Å². The van der Waals surface area contributed by atoms with E-state index in [1.807, 2.05) is 19.2 Å². The molecule has 2 heterocycles. The first-order valence-corrected chi connectivity index (χ1v) is 5.81. The molecule has 4 nitrogen and oxygen atoms in total. The van der Waals surface area contributed by atoms with Crippen molar-refractivity contribution in [3.8, 4) is 11.4 Å². The van der Waals surface area contributed by atoms with E-state index in [0.717, 1.165) is 30.0 Å². The van der Waals surface area contributed by atoms with E-state index >= 15 is 0 Å². The lowest BCUT2D eigenvalue weighted by atomic mass is 10.2. The molecule has 0 spiro atoms. The minimum absolute atomic E-state index is 0.952. The van der Waals surface area contributed by atoms with Gasteiger partial charge in [0.15, 0.2) is 0 Å². The lowest BCUT2D eigenvalue weighted by molar-refractivity contribution is 0.772. The number of nitrogens with zero attached hydrogens (tertiary/aromatic N) is 3. The van der Waals surface area contributed by atoms with Gasteiger partial charge >= 0.3 is 0 Å². The molecule has 0 bridgehead atoms. The maximum atomic E-state index is 4.71. The Morgan fingerprint density at radius 1 is 1.29 bits per heavy atom. The highest BCUT2D eigenvalue weighted by molar-refractivity contribution is 5.55. The molecule has 0 radical (unpaired) electrons. The summed E-state index contributed by atoms with van der Waals surface area (Å²) in [5.41, 5.74) is 3.50. The van der Waals surface area contributed by atoms with E-state index in [1.54, 1.807) is 12.4 Å². The highest BCUT2D eigenvalue weighted by atomic mass is 15.1. The number of pyridine rings is 1. The van der Waals surface area contributed by atoms with Crippen LogP contribution in [-0.2, 0) is 13.5 Å². The van der Waals surface area contributed by atoms with Crippen LogP contribution in [0.3, 0.4) is 0 Å². The summed E-state index contributed by atoms with van der Waals surface area (Å²) in [6.45, 7) is 3.07. The van der Waals surface area contributed by atoms with E-state index in [1.165, 1.54) is 5.69 Å². The van der Waals surface area contributed by atoms with E-state index in [0.29, 0.717) is 0 Å². The van der Waals surface area contributed by atoms with Gasteiger partial charge in [0.05, 0.1) is 5.69 Å². The molecule has 2 aromatic heterocycles. The van der Waals surface area contributed by atoms with Crippen LogP contribution in [-0.4, -0.2) is 28.1 Å². The topological polar surface area (TPSA) is 42.7 Å². The van der Waals surface area contributed by atoms with Crippen molar-refractivity contribution >= 4 is 0 Å². The summed E-state index contributed by atoms with van der Waals surface area (Å²) in [4.78, 5) is 8.74. The van der Waals surface area contributed by atoms with Gasteiger partial charge in [-0.1, -0.05) is 0 Å². The molecule has 0 aliphatic carbocycles. The summed E-state index contributed by atoms with van der Waals surface area (Å²) < 4.78 is 2.14. The lowest BCUT2D eigenvalue weighted by Gasteiger charge is -2.02. The number of rotatable bonds is 4. The largest absolute Gasteiger partial charge is 0.331 e. The molecule has 0 amide bonds. The second-order valence-electron chi connectivity index (χ2n) is 4.12. The Morgan fingerprint density at radius 3 is 2.65 bits per heavy atom. The van der Waals surface area contributed by atoms with Crippen LogP contribution < -0.4 is 5.32 Å². The first-order chi connectivity index (χ1) is 8.24. The molecule has 17 heavy (non-hydrogen) atoms. The Hall–Kier alpha value is -1.68. The average molecular weight is 230 g/mol. The molecule has 2 aromatic rings. The van der Waals surface area contributed by atoms with Crippen molar-refractivity contribution in [3.05, 3.63) is 35.9 Å². The maximum absolute atomic E-state index is 4.71. The van der Waals surface area contributed by atoms with Gasteiger partial charge in [0.2, 0.25) is 0 Å². The smallest absolute Gasteiger partial charge is 0.140 e. The fourth-order valence-electron chi connectivity index (χ4n) is 1.88. The number of hydrogen-bond donors (Lipinski definition) is 1. The molecule has 4 heteroatoms. The van der Waals surface area contributed by atoms with Gasteiger partial charge in [0.1, 0.15) is 5.82 Å². The number of likely N-dealkylation sites (N-methyl/N-ethyl adjacent to an activating group) is 1. The number of imidazole rings is 1. The average Bonchev–Trinajstić information content (AvgIpc) is 2.65. The van der Waals surface area contributed by atoms with Gasteiger partial charge in [-0.25, -0.2) is 4.98 Å². The zero-order valence-corrected chi connectivity index (χ0v) is 10.6. The SMILES string of the molecule is CNCCc1nc(-c2ccncc2)n(C)c1C. The molecule has 0 saturated heterocycles. The van der Waals surface area contributed by atoms with Crippen LogP contribution in [0.2, 0.25) is 0 Å². The first-order valence-electron chi connectivity index (χ1n) is 5.81. The summed E-state index contributed by atoms with van der Waals surface area (Å²) in [5.74, 6) is 1.01. The van der Waals surface area contributed by atoms with Crippen molar-refractivity contribution in [2.75, 3.05) is 13.6 Å². The van der Waals surface area contributed by atoms with Crippen LogP contribution >= 0.6 is 0 Å². The Morgan fingerprint density at radius 2 is 2.00 bits per heavy atom. The first kappa shape index (κ1) is 11.8. The predicted octanol–water partition coefficient (Wildman–Crippen LogP) is 1.55. The molecule has 0 aromatic carbocycles. The molecule has 0 aliphatic heterocycles. The Balaban J connectivity index is 2.36. The molecular weight excluding hydrogens is 212 g/mol. The molecule has 0 unspecified atom stereocenters.